The van der Waals surface area contributed by atoms with Crippen molar-refractivity contribution < 1.29 is 52.3 Å². The Hall–Kier alpha value is -4.55. The molecule has 0 fully saturated rings. The highest BCUT2D eigenvalue weighted by Gasteiger charge is 2.25. The average Bonchev–Trinajstić information content (AvgIpc) is 2.91. The summed E-state index contributed by atoms with van der Waals surface area (Å²) in [5.74, 6) is 0.754. The second-order valence-corrected chi connectivity index (χ2v) is 8.67. The minimum Gasteiger partial charge on any atom is -0.496 e. The summed E-state index contributed by atoms with van der Waals surface area (Å²) in [5.41, 5.74) is 0.594. The van der Waals surface area contributed by atoms with Crippen LogP contribution in [0.4, 0.5) is 5.69 Å². The number of esters is 1. The van der Waals surface area contributed by atoms with Crippen molar-refractivity contribution in [3.8, 4) is 23.0 Å². The molecule has 0 radical (unpaired) electrons. The van der Waals surface area contributed by atoms with Gasteiger partial charge in [-0.3, -0.25) is 14.4 Å². The number of Topliss-reactive ketones (excluding diaryl/α,β-unsaturated/α-hetero) is 1. The number of carbonyl (C=O) groups is 3. The maximum absolute atomic E-state index is 12.7. The van der Waals surface area contributed by atoms with E-state index in [9.17, 15) is 14.4 Å². The number of carbonyl (C=O) groups excluding carboxylic acids is 3. The van der Waals surface area contributed by atoms with Gasteiger partial charge in [0.25, 0.3) is 5.91 Å². The van der Waals surface area contributed by atoms with Crippen molar-refractivity contribution in [2.45, 2.75) is 20.3 Å². The van der Waals surface area contributed by atoms with Gasteiger partial charge in [0.1, 0.15) is 42.6 Å². The van der Waals surface area contributed by atoms with Gasteiger partial charge in [-0.2, -0.15) is 0 Å². The largest absolute Gasteiger partial charge is 0.496 e. The summed E-state index contributed by atoms with van der Waals surface area (Å²) in [6.45, 7) is 11.4. The van der Waals surface area contributed by atoms with Crippen molar-refractivity contribution >= 4 is 23.3 Å². The maximum Gasteiger partial charge on any atom is 0.319 e. The highest BCUT2D eigenvalue weighted by molar-refractivity contribution is 6.11. The van der Waals surface area contributed by atoms with Gasteiger partial charge in [-0.25, -0.2) is 0 Å². The van der Waals surface area contributed by atoms with E-state index in [1.54, 1.807) is 32.0 Å². The molecule has 3 rings (SSSR count). The fourth-order valence-electron chi connectivity index (χ4n) is 3.31. The Morgan fingerprint density at radius 3 is 2.34 bits per heavy atom. The van der Waals surface area contributed by atoms with E-state index in [4.69, 9.17) is 37.9 Å². The first kappa shape index (κ1) is 31.0. The van der Waals surface area contributed by atoms with E-state index in [0.29, 0.717) is 35.3 Å². The lowest BCUT2D eigenvalue weighted by Gasteiger charge is -2.16. The van der Waals surface area contributed by atoms with Crippen LogP contribution in [0.15, 0.2) is 61.1 Å². The van der Waals surface area contributed by atoms with Crippen molar-refractivity contribution in [3.63, 3.8) is 0 Å². The number of nitrogens with one attached hydrogen (secondary N) is 1. The Balaban J connectivity index is 1.58. The molecule has 220 valence electrons. The molecule has 0 unspecified atom stereocenters. The summed E-state index contributed by atoms with van der Waals surface area (Å²) < 4.78 is 43.1. The number of ketones is 1. The molecule has 0 bridgehead atoms. The molecule has 0 spiro atoms. The van der Waals surface area contributed by atoms with Crippen LogP contribution in [-0.2, 0) is 28.5 Å². The van der Waals surface area contributed by atoms with E-state index in [1.165, 1.54) is 18.2 Å². The van der Waals surface area contributed by atoms with Gasteiger partial charge in [0.15, 0.2) is 26.0 Å². The molecule has 0 atom stereocenters. The van der Waals surface area contributed by atoms with Crippen molar-refractivity contribution in [2.75, 3.05) is 51.9 Å². The predicted molar refractivity (Wildman–Crippen MR) is 146 cm³/mol. The zero-order valence-corrected chi connectivity index (χ0v) is 23.0. The Labute approximate surface area is 237 Å². The smallest absolute Gasteiger partial charge is 0.319 e. The quantitative estimate of drug-likeness (QED) is 0.0694. The second kappa shape index (κ2) is 15.9. The van der Waals surface area contributed by atoms with E-state index in [0.717, 1.165) is 0 Å². The zero-order valence-electron chi connectivity index (χ0n) is 23.0. The van der Waals surface area contributed by atoms with Crippen LogP contribution in [0.1, 0.15) is 30.6 Å². The van der Waals surface area contributed by atoms with Crippen LogP contribution >= 0.6 is 0 Å². The third-order valence-corrected chi connectivity index (χ3v) is 5.14. The highest BCUT2D eigenvalue weighted by atomic mass is 16.7. The Morgan fingerprint density at radius 1 is 0.854 bits per heavy atom. The van der Waals surface area contributed by atoms with Crippen molar-refractivity contribution in [1.82, 2.24) is 0 Å². The van der Waals surface area contributed by atoms with Gasteiger partial charge in [-0.1, -0.05) is 13.2 Å². The van der Waals surface area contributed by atoms with Crippen LogP contribution in [0.3, 0.4) is 0 Å². The summed E-state index contributed by atoms with van der Waals surface area (Å²) in [5, 5.41) is 2.73. The lowest BCUT2D eigenvalue weighted by atomic mass is 10.0. The number of fused-ring (bicyclic) bond motifs is 1. The van der Waals surface area contributed by atoms with Gasteiger partial charge in [0.2, 0.25) is 0 Å². The SMILES string of the molecule is C=C(C)OCCOCOc1ccc(OCCOCOC(=C)C)cc1NC(=O)COc1ccc2c(c1)OC(=O)CC2=O. The molecule has 12 nitrogen and oxygen atoms in total. The molecule has 1 N–H and O–H groups in total. The van der Waals surface area contributed by atoms with Gasteiger partial charge in [-0.15, -0.1) is 0 Å². The molecule has 1 amide bonds. The molecule has 1 aliphatic rings. The number of anilines is 1. The second-order valence-electron chi connectivity index (χ2n) is 8.67. The first-order valence-electron chi connectivity index (χ1n) is 12.6. The molecule has 0 saturated carbocycles. The van der Waals surface area contributed by atoms with Gasteiger partial charge in [-0.05, 0) is 38.1 Å². The van der Waals surface area contributed by atoms with Crippen LogP contribution in [0.25, 0.3) is 0 Å². The standard InChI is InChI=1S/C29H33NO11/c1-19(2)36-11-9-35-18-40-26-8-6-21(37-12-10-34-17-39-20(3)4)13-24(26)30-28(32)16-38-22-5-7-23-25(31)15-29(33)41-27(23)14-22/h5-8,13-14H,1,3,9-12,15-18H2,2,4H3,(H,30,32). The number of rotatable bonds is 18. The highest BCUT2D eigenvalue weighted by Crippen LogP contribution is 2.31. The van der Waals surface area contributed by atoms with Gasteiger partial charge >= 0.3 is 5.97 Å². The van der Waals surface area contributed by atoms with Gasteiger partial charge in [0, 0.05) is 12.1 Å². The number of benzene rings is 2. The first-order chi connectivity index (χ1) is 19.7. The van der Waals surface area contributed by atoms with Gasteiger partial charge < -0.3 is 43.2 Å². The first-order valence-corrected chi connectivity index (χ1v) is 12.6. The number of hydrogen-bond acceptors (Lipinski definition) is 11. The topological polar surface area (TPSA) is 137 Å². The molecule has 41 heavy (non-hydrogen) atoms. The third kappa shape index (κ3) is 10.9. The van der Waals surface area contributed by atoms with E-state index < -0.39 is 11.9 Å². The molecule has 1 heterocycles. The van der Waals surface area contributed by atoms with Crippen LogP contribution < -0.4 is 24.3 Å². The van der Waals surface area contributed by atoms with Crippen LogP contribution in [0.2, 0.25) is 0 Å². The van der Waals surface area contributed by atoms with Crippen molar-refractivity contribution in [2.24, 2.45) is 0 Å². The van der Waals surface area contributed by atoms with Crippen LogP contribution in [0, 0.1) is 0 Å². The molecule has 1 aliphatic heterocycles. The Morgan fingerprint density at radius 2 is 1.56 bits per heavy atom. The fraction of sp³-hybridized carbons (Fsp3) is 0.345. The number of allylic oxidation sites excluding steroid dienone is 2. The van der Waals surface area contributed by atoms with Crippen LogP contribution in [0.5, 0.6) is 23.0 Å². The third-order valence-electron chi connectivity index (χ3n) is 5.14. The minimum atomic E-state index is -0.647. The minimum absolute atomic E-state index is 0.0626. The van der Waals surface area contributed by atoms with Crippen LogP contribution in [-0.4, -0.2) is 64.3 Å². The number of amides is 1. The fourth-order valence-corrected chi connectivity index (χ4v) is 3.31. The number of ether oxygens (including phenoxy) is 8. The summed E-state index contributed by atoms with van der Waals surface area (Å²) in [4.78, 5) is 36.3. The maximum atomic E-state index is 12.7. The molecule has 2 aromatic carbocycles. The predicted octanol–water partition coefficient (Wildman–Crippen LogP) is 4.00. The van der Waals surface area contributed by atoms with Crippen molar-refractivity contribution in [3.05, 3.63) is 66.6 Å². The molecule has 2 aromatic rings. The van der Waals surface area contributed by atoms with E-state index in [-0.39, 0.29) is 69.3 Å². The normalized spacial score (nSPS) is 12.0. The lowest BCUT2D eigenvalue weighted by Crippen LogP contribution is -2.22. The van der Waals surface area contributed by atoms with E-state index in [2.05, 4.69) is 18.5 Å². The number of hydrogen-bond donors (Lipinski definition) is 1. The van der Waals surface area contributed by atoms with E-state index >= 15 is 0 Å². The van der Waals surface area contributed by atoms with Crippen molar-refractivity contribution in [1.29, 1.82) is 0 Å². The molecule has 0 aromatic heterocycles. The Bertz CT molecular complexity index is 1260. The molecule has 0 aliphatic carbocycles. The molecule has 0 saturated heterocycles. The lowest BCUT2D eigenvalue weighted by molar-refractivity contribution is -0.133. The molecular weight excluding hydrogens is 538 g/mol. The monoisotopic (exact) mass is 571 g/mol. The molecular formula is C29H33NO11. The zero-order chi connectivity index (χ0) is 29.6. The van der Waals surface area contributed by atoms with Gasteiger partial charge in [0.05, 0.1) is 36.0 Å². The summed E-state index contributed by atoms with van der Waals surface area (Å²) in [6, 6.07) is 9.28. The molecule has 12 heteroatoms. The summed E-state index contributed by atoms with van der Waals surface area (Å²) in [7, 11) is 0. The van der Waals surface area contributed by atoms with E-state index in [1.807, 2.05) is 0 Å². The Kier molecular flexibility index (Phi) is 12.0. The summed E-state index contributed by atoms with van der Waals surface area (Å²) in [6.07, 6.45) is -0.313. The average molecular weight is 572 g/mol. The summed E-state index contributed by atoms with van der Waals surface area (Å²) >= 11 is 0.